The normalized spacial score (nSPS) is 15.4. The Kier molecular flexibility index (Phi) is 6.80. The highest BCUT2D eigenvalue weighted by Gasteiger charge is 2.14. The lowest BCUT2D eigenvalue weighted by Gasteiger charge is -2.26. The van der Waals surface area contributed by atoms with Gasteiger partial charge in [0.1, 0.15) is 5.56 Å². The number of aromatic amines is 1. The SMILES string of the molecule is O=c1[nH]c(=O)n(-c2ccc(I)cc2)c(O)c1C=NCCCN1CCOCC1. The van der Waals surface area contributed by atoms with Gasteiger partial charge >= 0.3 is 5.69 Å². The van der Waals surface area contributed by atoms with E-state index in [4.69, 9.17) is 4.74 Å². The number of aromatic nitrogens is 2. The fourth-order valence-electron chi connectivity index (χ4n) is 2.85. The Morgan fingerprint density at radius 1 is 1.22 bits per heavy atom. The Morgan fingerprint density at radius 3 is 2.63 bits per heavy atom. The molecule has 1 aliphatic rings. The molecule has 0 radical (unpaired) electrons. The monoisotopic (exact) mass is 484 g/mol. The Morgan fingerprint density at radius 2 is 1.93 bits per heavy atom. The summed E-state index contributed by atoms with van der Waals surface area (Å²) in [4.78, 5) is 33.0. The number of aromatic hydroxyl groups is 1. The highest BCUT2D eigenvalue weighted by atomic mass is 127. The summed E-state index contributed by atoms with van der Waals surface area (Å²) in [5, 5.41) is 10.5. The van der Waals surface area contributed by atoms with Crippen molar-refractivity contribution in [3.63, 3.8) is 0 Å². The summed E-state index contributed by atoms with van der Waals surface area (Å²) in [6, 6.07) is 7.02. The maximum Gasteiger partial charge on any atom is 0.335 e. The van der Waals surface area contributed by atoms with Crippen LogP contribution in [0.2, 0.25) is 0 Å². The van der Waals surface area contributed by atoms with Crippen molar-refractivity contribution in [3.8, 4) is 11.6 Å². The molecule has 1 fully saturated rings. The van der Waals surface area contributed by atoms with Crippen LogP contribution in [0.3, 0.4) is 0 Å². The van der Waals surface area contributed by atoms with Gasteiger partial charge in [-0.05, 0) is 53.3 Å². The molecule has 2 N–H and O–H groups in total. The van der Waals surface area contributed by atoms with Gasteiger partial charge in [-0.1, -0.05) is 0 Å². The van der Waals surface area contributed by atoms with Gasteiger partial charge in [-0.15, -0.1) is 0 Å². The summed E-state index contributed by atoms with van der Waals surface area (Å²) in [6.07, 6.45) is 2.17. The van der Waals surface area contributed by atoms with E-state index in [0.717, 1.165) is 47.4 Å². The first kappa shape index (κ1) is 19.8. The van der Waals surface area contributed by atoms with Crippen molar-refractivity contribution < 1.29 is 9.84 Å². The van der Waals surface area contributed by atoms with Crippen LogP contribution in [-0.2, 0) is 4.74 Å². The van der Waals surface area contributed by atoms with Crippen molar-refractivity contribution in [2.45, 2.75) is 6.42 Å². The van der Waals surface area contributed by atoms with E-state index in [9.17, 15) is 14.7 Å². The number of rotatable bonds is 6. The van der Waals surface area contributed by atoms with E-state index in [1.54, 1.807) is 12.1 Å². The zero-order chi connectivity index (χ0) is 19.2. The van der Waals surface area contributed by atoms with Crippen LogP contribution in [0, 0.1) is 3.57 Å². The molecule has 0 atom stereocenters. The Labute approximate surface area is 169 Å². The maximum absolute atomic E-state index is 12.1. The van der Waals surface area contributed by atoms with Crippen LogP contribution in [0.25, 0.3) is 5.69 Å². The van der Waals surface area contributed by atoms with Crippen LogP contribution in [0.4, 0.5) is 0 Å². The third-order valence-electron chi connectivity index (χ3n) is 4.29. The predicted molar refractivity (Wildman–Crippen MR) is 111 cm³/mol. The van der Waals surface area contributed by atoms with Gasteiger partial charge in [-0.3, -0.25) is 19.7 Å². The van der Waals surface area contributed by atoms with Gasteiger partial charge in [0.15, 0.2) is 0 Å². The quantitative estimate of drug-likeness (QED) is 0.362. The number of nitrogens with one attached hydrogen (secondary N) is 1. The molecule has 2 heterocycles. The summed E-state index contributed by atoms with van der Waals surface area (Å²) in [5.41, 5.74) is -0.907. The molecule has 1 aromatic heterocycles. The molecule has 27 heavy (non-hydrogen) atoms. The van der Waals surface area contributed by atoms with E-state index in [0.29, 0.717) is 12.2 Å². The topological polar surface area (TPSA) is 99.9 Å². The summed E-state index contributed by atoms with van der Waals surface area (Å²) in [7, 11) is 0. The number of nitrogens with zero attached hydrogens (tertiary/aromatic N) is 3. The minimum Gasteiger partial charge on any atom is -0.493 e. The Hall–Kier alpha value is -1.98. The summed E-state index contributed by atoms with van der Waals surface area (Å²) < 4.78 is 7.37. The molecule has 144 valence electrons. The fraction of sp³-hybridized carbons (Fsp3) is 0.389. The van der Waals surface area contributed by atoms with Crippen molar-refractivity contribution in [3.05, 3.63) is 54.2 Å². The molecule has 2 aromatic rings. The number of ether oxygens (including phenoxy) is 1. The van der Waals surface area contributed by atoms with Crippen molar-refractivity contribution in [1.82, 2.24) is 14.5 Å². The lowest BCUT2D eigenvalue weighted by molar-refractivity contribution is 0.0377. The second-order valence-electron chi connectivity index (χ2n) is 6.15. The van der Waals surface area contributed by atoms with Gasteiger partial charge in [0.05, 0.1) is 18.9 Å². The molecule has 0 aliphatic carbocycles. The van der Waals surface area contributed by atoms with E-state index in [-0.39, 0.29) is 5.56 Å². The molecule has 1 aliphatic heterocycles. The number of halogens is 1. The zero-order valence-corrected chi connectivity index (χ0v) is 16.9. The van der Waals surface area contributed by atoms with Crippen molar-refractivity contribution in [1.29, 1.82) is 0 Å². The van der Waals surface area contributed by atoms with Gasteiger partial charge in [-0.25, -0.2) is 9.36 Å². The number of morpholine rings is 1. The largest absolute Gasteiger partial charge is 0.493 e. The van der Waals surface area contributed by atoms with Gasteiger partial charge < -0.3 is 9.84 Å². The molecule has 0 bridgehead atoms. The maximum atomic E-state index is 12.1. The first-order valence-electron chi connectivity index (χ1n) is 8.70. The lowest BCUT2D eigenvalue weighted by atomic mass is 10.3. The molecule has 3 rings (SSSR count). The van der Waals surface area contributed by atoms with Gasteiger partial charge in [0.25, 0.3) is 5.56 Å². The summed E-state index contributed by atoms with van der Waals surface area (Å²) >= 11 is 2.15. The predicted octanol–water partition coefficient (Wildman–Crippen LogP) is 0.977. The molecule has 1 saturated heterocycles. The minimum absolute atomic E-state index is 0.0282. The first-order chi connectivity index (χ1) is 13.1. The van der Waals surface area contributed by atoms with Crippen LogP contribution in [0.1, 0.15) is 12.0 Å². The summed E-state index contributed by atoms with van der Waals surface area (Å²) in [5.74, 6) is -0.415. The fourth-order valence-corrected chi connectivity index (χ4v) is 3.21. The van der Waals surface area contributed by atoms with Crippen LogP contribution < -0.4 is 11.2 Å². The average molecular weight is 484 g/mol. The number of aliphatic imine (C=N–C) groups is 1. The molecule has 0 saturated carbocycles. The molecule has 8 nitrogen and oxygen atoms in total. The van der Waals surface area contributed by atoms with Crippen molar-refractivity contribution >= 4 is 28.8 Å². The smallest absolute Gasteiger partial charge is 0.335 e. The van der Waals surface area contributed by atoms with Crippen molar-refractivity contribution in [2.75, 3.05) is 39.4 Å². The third-order valence-corrected chi connectivity index (χ3v) is 5.01. The molecular weight excluding hydrogens is 463 g/mol. The second kappa shape index (κ2) is 9.29. The molecular formula is C18H21IN4O4. The van der Waals surface area contributed by atoms with E-state index in [1.165, 1.54) is 6.21 Å². The molecule has 9 heteroatoms. The van der Waals surface area contributed by atoms with Crippen LogP contribution >= 0.6 is 22.6 Å². The van der Waals surface area contributed by atoms with E-state index in [1.807, 2.05) is 12.1 Å². The molecule has 0 amide bonds. The number of benzene rings is 1. The van der Waals surface area contributed by atoms with Crippen LogP contribution in [0.15, 0.2) is 38.8 Å². The van der Waals surface area contributed by atoms with E-state index < -0.39 is 17.1 Å². The zero-order valence-electron chi connectivity index (χ0n) is 14.7. The summed E-state index contributed by atoms with van der Waals surface area (Å²) in [6.45, 7) is 4.79. The van der Waals surface area contributed by atoms with Crippen LogP contribution in [0.5, 0.6) is 5.88 Å². The lowest BCUT2D eigenvalue weighted by Crippen LogP contribution is -2.37. The first-order valence-corrected chi connectivity index (χ1v) is 9.78. The Balaban J connectivity index is 1.73. The van der Waals surface area contributed by atoms with Gasteiger partial charge in [0.2, 0.25) is 5.88 Å². The molecule has 0 unspecified atom stereocenters. The van der Waals surface area contributed by atoms with Crippen LogP contribution in [-0.4, -0.2) is 65.2 Å². The average Bonchev–Trinajstić information content (AvgIpc) is 2.66. The molecule has 1 aromatic carbocycles. The second-order valence-corrected chi connectivity index (χ2v) is 7.40. The van der Waals surface area contributed by atoms with E-state index >= 15 is 0 Å². The number of hydrogen-bond acceptors (Lipinski definition) is 6. The highest BCUT2D eigenvalue weighted by Crippen LogP contribution is 2.16. The molecule has 0 spiro atoms. The van der Waals surface area contributed by atoms with E-state index in [2.05, 4.69) is 37.5 Å². The van der Waals surface area contributed by atoms with Crippen molar-refractivity contribution in [2.24, 2.45) is 4.99 Å². The third kappa shape index (κ3) is 5.05. The number of hydrogen-bond donors (Lipinski definition) is 2. The van der Waals surface area contributed by atoms with Gasteiger partial charge in [-0.2, -0.15) is 0 Å². The highest BCUT2D eigenvalue weighted by molar-refractivity contribution is 14.1. The minimum atomic E-state index is -0.692. The number of H-pyrrole nitrogens is 1. The standard InChI is InChI=1S/C18H21IN4O4/c19-13-2-4-14(5-3-13)23-17(25)15(16(24)21-18(23)26)12-20-6-1-7-22-8-10-27-11-9-22/h2-5,12,25H,1,6-11H2,(H,21,24,26). The van der Waals surface area contributed by atoms with Gasteiger partial charge in [0, 0.05) is 36.0 Å². The Bertz CT molecular complexity index is 914.